The minimum absolute atomic E-state index is 0.0243. The van der Waals surface area contributed by atoms with E-state index < -0.39 is 94.1 Å². The SMILES string of the molecule is C=C1OC(=O)C(C(=O)C[C@@H]2O[C@@H]([C@H](C)[C@H](O)[C@H](CC)C(=O)[C@](C)(O)[C@@H]3CC[C@@](CC)([C@@H]4CC[C@@](O)([C@@H](C)OC)[C@@H](C)O4)O3)C(C)C[C@@H]2C)=C1O. The van der Waals surface area contributed by atoms with Crippen molar-refractivity contribution in [1.82, 2.24) is 0 Å². The summed E-state index contributed by atoms with van der Waals surface area (Å²) >= 11 is 0. The summed E-state index contributed by atoms with van der Waals surface area (Å²) in [7, 11) is 1.56. The Morgan fingerprint density at radius 2 is 1.76 bits per heavy atom. The second kappa shape index (κ2) is 15.4. The number of carbonyl (C=O) groups is 3. The standard InChI is InChI=1S/C38H60O12/c1-11-25(31(40)21(5)33-20(4)17-19(3)27(49-33)18-26(39)30-32(41)22(6)47-35(30)43)34(42)36(9,44)28-13-15-37(12-2,50-28)29-14-16-38(45,23(7)46-10)24(8)48-29/h19-21,23-25,27-29,31,33,40-41,44-45H,6,11-18H2,1-5,7-10H3/t19-,20?,21+,23+,24+,25-,27-,28-,29-,31-,33+,36+,37-,38+/m0/s1. The van der Waals surface area contributed by atoms with Crippen molar-refractivity contribution in [1.29, 1.82) is 0 Å². The highest BCUT2D eigenvalue weighted by molar-refractivity contribution is 6.20. The number of Topliss-reactive ketones (excluding diaryl/α,β-unsaturated/α-hetero) is 2. The number of aliphatic hydroxyl groups is 4. The van der Waals surface area contributed by atoms with Gasteiger partial charge in [-0.05, 0) is 77.6 Å². The largest absolute Gasteiger partial charge is 0.504 e. The van der Waals surface area contributed by atoms with Crippen LogP contribution in [-0.2, 0) is 38.1 Å². The highest BCUT2D eigenvalue weighted by Gasteiger charge is 2.57. The molecule has 0 aliphatic carbocycles. The van der Waals surface area contributed by atoms with E-state index in [1.807, 2.05) is 34.6 Å². The zero-order valence-electron chi connectivity index (χ0n) is 31.3. The Morgan fingerprint density at radius 1 is 1.10 bits per heavy atom. The molecule has 4 aliphatic rings. The maximum Gasteiger partial charge on any atom is 0.351 e. The molecule has 50 heavy (non-hydrogen) atoms. The molecule has 12 heteroatoms. The van der Waals surface area contributed by atoms with Crippen LogP contribution in [0.1, 0.15) is 107 Å². The number of ketones is 2. The summed E-state index contributed by atoms with van der Waals surface area (Å²) in [5.41, 5.74) is -4.24. The van der Waals surface area contributed by atoms with Gasteiger partial charge in [0.05, 0.1) is 48.3 Å². The predicted octanol–water partition coefficient (Wildman–Crippen LogP) is 4.26. The molecule has 4 heterocycles. The summed E-state index contributed by atoms with van der Waals surface area (Å²) in [6, 6.07) is 0. The van der Waals surface area contributed by atoms with Gasteiger partial charge >= 0.3 is 5.97 Å². The molecule has 4 rings (SSSR count). The zero-order valence-corrected chi connectivity index (χ0v) is 31.3. The number of hydrogen-bond acceptors (Lipinski definition) is 12. The second-order valence-electron chi connectivity index (χ2n) is 15.6. The Labute approximate surface area is 296 Å². The highest BCUT2D eigenvalue weighted by Crippen LogP contribution is 2.47. The van der Waals surface area contributed by atoms with Crippen molar-refractivity contribution in [3.8, 4) is 0 Å². The Hall–Kier alpha value is -2.19. The van der Waals surface area contributed by atoms with Crippen LogP contribution in [0.25, 0.3) is 0 Å². The fourth-order valence-electron chi connectivity index (χ4n) is 8.91. The normalized spacial score (nSPS) is 38.7. The lowest BCUT2D eigenvalue weighted by molar-refractivity contribution is -0.255. The van der Waals surface area contributed by atoms with E-state index in [2.05, 4.69) is 6.58 Å². The summed E-state index contributed by atoms with van der Waals surface area (Å²) in [6.45, 7) is 18.1. The molecule has 0 spiro atoms. The maximum absolute atomic E-state index is 14.2. The first-order valence-electron chi connectivity index (χ1n) is 18.4. The minimum Gasteiger partial charge on any atom is -0.504 e. The first-order valence-corrected chi connectivity index (χ1v) is 18.4. The van der Waals surface area contributed by atoms with Crippen LogP contribution in [0.3, 0.4) is 0 Å². The predicted molar refractivity (Wildman–Crippen MR) is 183 cm³/mol. The van der Waals surface area contributed by atoms with Gasteiger partial charge in [-0.25, -0.2) is 4.79 Å². The lowest BCUT2D eigenvalue weighted by Crippen LogP contribution is -2.60. The van der Waals surface area contributed by atoms with Gasteiger partial charge in [-0.15, -0.1) is 0 Å². The first kappa shape index (κ1) is 40.6. The molecule has 12 nitrogen and oxygen atoms in total. The van der Waals surface area contributed by atoms with Crippen molar-refractivity contribution in [2.24, 2.45) is 23.7 Å². The summed E-state index contributed by atoms with van der Waals surface area (Å²) < 4.78 is 29.7. The van der Waals surface area contributed by atoms with E-state index in [9.17, 15) is 34.8 Å². The van der Waals surface area contributed by atoms with Crippen molar-refractivity contribution in [3.05, 3.63) is 23.7 Å². The van der Waals surface area contributed by atoms with Crippen molar-refractivity contribution >= 4 is 17.5 Å². The third kappa shape index (κ3) is 7.36. The van der Waals surface area contributed by atoms with Gasteiger partial charge in [0, 0.05) is 25.4 Å². The van der Waals surface area contributed by atoms with E-state index in [4.69, 9.17) is 23.7 Å². The molecule has 0 saturated carbocycles. The van der Waals surface area contributed by atoms with E-state index in [1.54, 1.807) is 21.0 Å². The number of rotatable bonds is 14. The number of cyclic esters (lactones) is 1. The topological polar surface area (TPSA) is 178 Å². The average molecular weight is 709 g/mol. The van der Waals surface area contributed by atoms with Crippen molar-refractivity contribution in [2.45, 2.75) is 166 Å². The number of ether oxygens (including phenoxy) is 5. The van der Waals surface area contributed by atoms with Crippen molar-refractivity contribution in [3.63, 3.8) is 0 Å². The molecule has 4 aliphatic heterocycles. The van der Waals surface area contributed by atoms with Gasteiger partial charge < -0.3 is 44.1 Å². The van der Waals surface area contributed by atoms with Gasteiger partial charge in [0.1, 0.15) is 16.8 Å². The molecule has 0 radical (unpaired) electrons. The van der Waals surface area contributed by atoms with Crippen LogP contribution < -0.4 is 0 Å². The van der Waals surface area contributed by atoms with E-state index in [-0.39, 0.29) is 36.5 Å². The summed E-state index contributed by atoms with van der Waals surface area (Å²) in [6.07, 6.45) is -1.08. The van der Waals surface area contributed by atoms with Crippen molar-refractivity contribution in [2.75, 3.05) is 7.11 Å². The third-order valence-electron chi connectivity index (χ3n) is 12.6. The molecule has 0 aromatic rings. The lowest BCUT2D eigenvalue weighted by Gasteiger charge is -2.49. The van der Waals surface area contributed by atoms with Crippen LogP contribution in [0.2, 0.25) is 0 Å². The first-order chi connectivity index (χ1) is 23.3. The molecule has 1 unspecified atom stereocenters. The van der Waals surface area contributed by atoms with Crippen LogP contribution in [0.15, 0.2) is 23.7 Å². The molecule has 4 N–H and O–H groups in total. The zero-order chi connectivity index (χ0) is 37.5. The van der Waals surface area contributed by atoms with Crippen molar-refractivity contribution < 1.29 is 58.5 Å². The quantitative estimate of drug-likeness (QED) is 0.149. The molecule has 0 bridgehead atoms. The summed E-state index contributed by atoms with van der Waals surface area (Å²) in [5, 5.41) is 45.0. The molecule has 0 aromatic heterocycles. The van der Waals surface area contributed by atoms with Gasteiger partial charge in [-0.3, -0.25) is 9.59 Å². The number of methoxy groups -OCH3 is 1. The van der Waals surface area contributed by atoms with E-state index in [0.717, 1.165) is 0 Å². The van der Waals surface area contributed by atoms with E-state index in [1.165, 1.54) is 6.92 Å². The van der Waals surface area contributed by atoms with Gasteiger partial charge in [-0.2, -0.15) is 0 Å². The molecule has 0 aromatic carbocycles. The Morgan fingerprint density at radius 3 is 2.30 bits per heavy atom. The van der Waals surface area contributed by atoms with Crippen LogP contribution in [0.4, 0.5) is 0 Å². The maximum atomic E-state index is 14.2. The smallest absolute Gasteiger partial charge is 0.351 e. The number of aliphatic hydroxyl groups excluding tert-OH is 2. The number of esters is 1. The fourth-order valence-corrected chi connectivity index (χ4v) is 8.91. The molecule has 14 atom stereocenters. The van der Waals surface area contributed by atoms with Gasteiger partial charge in [0.2, 0.25) is 0 Å². The number of hydrogen-bond donors (Lipinski definition) is 4. The average Bonchev–Trinajstić information content (AvgIpc) is 3.63. The van der Waals surface area contributed by atoms with Crippen LogP contribution in [0.5, 0.6) is 0 Å². The Kier molecular flexibility index (Phi) is 12.5. The second-order valence-corrected chi connectivity index (χ2v) is 15.6. The molecule has 284 valence electrons. The Bertz CT molecular complexity index is 1320. The summed E-state index contributed by atoms with van der Waals surface area (Å²) in [5.74, 6) is -4.47. The van der Waals surface area contributed by atoms with Gasteiger partial charge in [0.25, 0.3) is 0 Å². The Balaban J connectivity index is 1.45. The molecule has 0 amide bonds. The molecular weight excluding hydrogens is 648 g/mol. The van der Waals surface area contributed by atoms with Gasteiger partial charge in [0.15, 0.2) is 23.1 Å². The minimum atomic E-state index is -1.90. The molecular formula is C38H60O12. The highest BCUT2D eigenvalue weighted by atomic mass is 16.6. The molecule has 3 saturated heterocycles. The summed E-state index contributed by atoms with van der Waals surface area (Å²) in [4.78, 5) is 39.4. The third-order valence-corrected chi connectivity index (χ3v) is 12.6. The lowest BCUT2D eigenvalue weighted by atomic mass is 9.73. The molecule has 3 fully saturated rings. The fraction of sp³-hybridized carbons (Fsp3) is 0.816. The van der Waals surface area contributed by atoms with E-state index >= 15 is 0 Å². The monoisotopic (exact) mass is 708 g/mol. The van der Waals surface area contributed by atoms with Crippen LogP contribution in [-0.4, -0.2) is 105 Å². The van der Waals surface area contributed by atoms with Gasteiger partial charge in [-0.1, -0.05) is 41.2 Å². The van der Waals surface area contributed by atoms with Crippen LogP contribution in [0, 0.1) is 23.7 Å². The number of carbonyl (C=O) groups excluding carboxylic acids is 3. The van der Waals surface area contributed by atoms with E-state index in [0.29, 0.717) is 38.5 Å². The van der Waals surface area contributed by atoms with Crippen LogP contribution >= 0.6 is 0 Å².